The van der Waals surface area contributed by atoms with Gasteiger partial charge in [-0.15, -0.1) is 0 Å². The van der Waals surface area contributed by atoms with Crippen molar-refractivity contribution in [3.8, 4) is 0 Å². The molecule has 0 heteroatoms. The molecule has 0 nitrogen and oxygen atoms in total. The molecule has 0 radical (unpaired) electrons. The van der Waals surface area contributed by atoms with Gasteiger partial charge >= 0.3 is 0 Å². The smallest absolute Gasteiger partial charge is 0.0311 e. The molecule has 0 bridgehead atoms. The fraction of sp³-hybridized carbons (Fsp3) is 0.692. The summed E-state index contributed by atoms with van der Waals surface area (Å²) < 4.78 is 0. The molecule has 0 aliphatic heterocycles. The zero-order chi connectivity index (χ0) is 11.1. The molecule has 80 valence electrons. The number of allylic oxidation sites excluding steroid dienone is 4. The first-order valence-electron chi connectivity index (χ1n) is 5.66. The van der Waals surface area contributed by atoms with Crippen molar-refractivity contribution in [2.45, 2.75) is 61.3 Å². The van der Waals surface area contributed by atoms with Crippen LogP contribution in [0.25, 0.3) is 0 Å². The van der Waals surface area contributed by atoms with E-state index >= 15 is 0 Å². The lowest BCUT2D eigenvalue weighted by Gasteiger charge is -1.92. The van der Waals surface area contributed by atoms with Crippen molar-refractivity contribution in [3.05, 3.63) is 23.8 Å². The van der Waals surface area contributed by atoms with Crippen molar-refractivity contribution in [2.24, 2.45) is 0 Å². The maximum absolute atomic E-state index is 2.26. The summed E-state index contributed by atoms with van der Waals surface area (Å²) in [6, 6.07) is 0. The summed E-state index contributed by atoms with van der Waals surface area (Å²) in [5, 5.41) is 0. The Morgan fingerprint density at radius 3 is 1.69 bits per heavy atom. The van der Waals surface area contributed by atoms with E-state index in [0.29, 0.717) is 0 Å². The van der Waals surface area contributed by atoms with Gasteiger partial charge in [-0.25, -0.2) is 0 Å². The van der Waals surface area contributed by atoms with Crippen LogP contribution in [0.4, 0.5) is 0 Å². The van der Waals surface area contributed by atoms with Crippen LogP contribution in [0.15, 0.2) is 23.8 Å². The zero-order valence-corrected chi connectivity index (χ0v) is 10.6. The summed E-state index contributed by atoms with van der Waals surface area (Å²) in [5.41, 5.74) is 1.44. The van der Waals surface area contributed by atoms with Crippen molar-refractivity contribution in [2.75, 3.05) is 0 Å². The Bertz CT molecular complexity index is 107. The van der Waals surface area contributed by atoms with Gasteiger partial charge in [0.2, 0.25) is 0 Å². The third-order valence-electron chi connectivity index (χ3n) is 1.26. The van der Waals surface area contributed by atoms with Crippen molar-refractivity contribution in [1.29, 1.82) is 0 Å². The zero-order valence-electron chi connectivity index (χ0n) is 10.6. The quantitative estimate of drug-likeness (QED) is 0.518. The molecule has 0 fully saturated rings. The van der Waals surface area contributed by atoms with Crippen LogP contribution in [0.5, 0.6) is 0 Å². The average Bonchev–Trinajstić information content (AvgIpc) is 2.23. The van der Waals surface area contributed by atoms with Crippen LogP contribution in [0.3, 0.4) is 0 Å². The predicted octanol–water partition coefficient (Wildman–Crippen LogP) is 5.36. The molecule has 0 saturated heterocycles. The first kappa shape index (κ1) is 18.3. The Labute approximate surface area is 85.8 Å². The highest BCUT2D eigenvalue weighted by Gasteiger charge is 1.82. The van der Waals surface area contributed by atoms with Crippen LogP contribution in [0, 0.1) is 0 Å². The third kappa shape index (κ3) is 18.4. The largest absolute Gasteiger partial charge is 0.0874 e. The molecule has 0 heterocycles. The SMILES string of the molecule is C/C=C\C(=C/CC)CC.CC.CC. The van der Waals surface area contributed by atoms with E-state index < -0.39 is 0 Å². The second-order valence-electron chi connectivity index (χ2n) is 2.04. The Morgan fingerprint density at radius 2 is 1.46 bits per heavy atom. The van der Waals surface area contributed by atoms with Crippen molar-refractivity contribution < 1.29 is 0 Å². The summed E-state index contributed by atoms with van der Waals surface area (Å²) in [6.45, 7) is 14.4. The molecule has 0 aliphatic rings. The molecule has 0 aliphatic carbocycles. The Kier molecular flexibility index (Phi) is 31.7. The van der Waals surface area contributed by atoms with Gasteiger partial charge in [0.1, 0.15) is 0 Å². The molecule has 0 aromatic carbocycles. The molecule has 0 aromatic heterocycles. The van der Waals surface area contributed by atoms with Gasteiger partial charge in [-0.05, 0) is 19.8 Å². The number of rotatable bonds is 3. The van der Waals surface area contributed by atoms with Crippen molar-refractivity contribution >= 4 is 0 Å². The molecule has 0 aromatic rings. The predicted molar refractivity (Wildman–Crippen MR) is 66.2 cm³/mol. The van der Waals surface area contributed by atoms with E-state index in [-0.39, 0.29) is 0 Å². The van der Waals surface area contributed by atoms with Crippen LogP contribution in [0.2, 0.25) is 0 Å². The lowest BCUT2D eigenvalue weighted by molar-refractivity contribution is 1.10. The molecular weight excluding hydrogens is 156 g/mol. The van der Waals surface area contributed by atoms with E-state index in [2.05, 4.69) is 39.0 Å². The van der Waals surface area contributed by atoms with Crippen LogP contribution in [0.1, 0.15) is 61.3 Å². The molecule has 0 amide bonds. The standard InChI is InChI=1S/C9H16.2C2H6/c1-4-7-9(6-3)8-5-2;2*1-2/h4,7-8H,5-6H2,1-3H3;2*1-2H3/b7-4-,9-8-;;. The molecule has 0 saturated carbocycles. The Hall–Kier alpha value is -0.520. The minimum atomic E-state index is 1.15. The molecular formula is C13H28. The lowest BCUT2D eigenvalue weighted by atomic mass is 10.1. The van der Waals surface area contributed by atoms with E-state index in [9.17, 15) is 0 Å². The maximum Gasteiger partial charge on any atom is -0.0311 e. The lowest BCUT2D eigenvalue weighted by Crippen LogP contribution is -1.72. The molecule has 0 rings (SSSR count). The summed E-state index contributed by atoms with van der Waals surface area (Å²) in [4.78, 5) is 0. The topological polar surface area (TPSA) is 0 Å². The van der Waals surface area contributed by atoms with Gasteiger partial charge in [0, 0.05) is 0 Å². The van der Waals surface area contributed by atoms with Crippen LogP contribution in [-0.2, 0) is 0 Å². The van der Waals surface area contributed by atoms with Crippen molar-refractivity contribution in [3.63, 3.8) is 0 Å². The Balaban J connectivity index is -0.000000218. The fourth-order valence-corrected chi connectivity index (χ4v) is 0.806. The van der Waals surface area contributed by atoms with E-state index in [4.69, 9.17) is 0 Å². The van der Waals surface area contributed by atoms with Gasteiger partial charge < -0.3 is 0 Å². The number of hydrogen-bond acceptors (Lipinski definition) is 0. The minimum Gasteiger partial charge on any atom is -0.0874 e. The minimum absolute atomic E-state index is 1.15. The normalized spacial score (nSPS) is 9.92. The second-order valence-corrected chi connectivity index (χ2v) is 2.04. The summed E-state index contributed by atoms with van der Waals surface area (Å²) >= 11 is 0. The highest BCUT2D eigenvalue weighted by molar-refractivity contribution is 5.16. The molecule has 0 unspecified atom stereocenters. The first-order chi connectivity index (χ1) is 6.35. The Morgan fingerprint density at radius 1 is 1.00 bits per heavy atom. The van der Waals surface area contributed by atoms with Crippen LogP contribution >= 0.6 is 0 Å². The van der Waals surface area contributed by atoms with E-state index in [1.54, 1.807) is 0 Å². The van der Waals surface area contributed by atoms with E-state index in [1.807, 2.05) is 27.7 Å². The molecule has 0 spiro atoms. The maximum atomic E-state index is 2.26. The fourth-order valence-electron chi connectivity index (χ4n) is 0.806. The second kappa shape index (κ2) is 22.5. The first-order valence-corrected chi connectivity index (χ1v) is 5.66. The highest BCUT2D eigenvalue weighted by atomic mass is 13.9. The van der Waals surface area contributed by atoms with Gasteiger partial charge in [-0.3, -0.25) is 0 Å². The highest BCUT2D eigenvalue weighted by Crippen LogP contribution is 2.02. The van der Waals surface area contributed by atoms with Gasteiger partial charge in [-0.1, -0.05) is 65.3 Å². The van der Waals surface area contributed by atoms with Crippen LogP contribution < -0.4 is 0 Å². The number of hydrogen-bond donors (Lipinski definition) is 0. The third-order valence-corrected chi connectivity index (χ3v) is 1.26. The van der Waals surface area contributed by atoms with Gasteiger partial charge in [0.05, 0.1) is 0 Å². The van der Waals surface area contributed by atoms with E-state index in [1.165, 1.54) is 5.57 Å². The van der Waals surface area contributed by atoms with Gasteiger partial charge in [-0.2, -0.15) is 0 Å². The average molecular weight is 184 g/mol. The summed E-state index contributed by atoms with van der Waals surface area (Å²) in [7, 11) is 0. The van der Waals surface area contributed by atoms with Crippen molar-refractivity contribution in [1.82, 2.24) is 0 Å². The molecule has 0 N–H and O–H groups in total. The van der Waals surface area contributed by atoms with Crippen LogP contribution in [-0.4, -0.2) is 0 Å². The van der Waals surface area contributed by atoms with Gasteiger partial charge in [0.25, 0.3) is 0 Å². The monoisotopic (exact) mass is 184 g/mol. The molecule has 0 atom stereocenters. The summed E-state index contributed by atoms with van der Waals surface area (Å²) in [5.74, 6) is 0. The van der Waals surface area contributed by atoms with E-state index in [0.717, 1.165) is 12.8 Å². The van der Waals surface area contributed by atoms with Gasteiger partial charge in [0.15, 0.2) is 0 Å². The molecule has 13 heavy (non-hydrogen) atoms. The summed E-state index contributed by atoms with van der Waals surface area (Å²) in [6.07, 6.45) is 8.82.